The smallest absolute Gasteiger partial charge is 0.268 e. The van der Waals surface area contributed by atoms with Crippen LogP contribution in [-0.4, -0.2) is 53.4 Å². The van der Waals surface area contributed by atoms with Gasteiger partial charge in [-0.05, 0) is 61.3 Å². The molecule has 0 radical (unpaired) electrons. The van der Waals surface area contributed by atoms with E-state index in [-0.39, 0.29) is 0 Å². The molecular weight excluding hydrogens is 480 g/mol. The highest BCUT2D eigenvalue weighted by atomic mass is 32.2. The third-order valence-corrected chi connectivity index (χ3v) is 9.26. The van der Waals surface area contributed by atoms with E-state index in [4.69, 9.17) is 0 Å². The first-order valence-electron chi connectivity index (χ1n) is 13.2. The molecule has 6 nitrogen and oxygen atoms in total. The molecule has 0 amide bonds. The van der Waals surface area contributed by atoms with E-state index in [1.807, 2.05) is 48.9 Å². The van der Waals surface area contributed by atoms with E-state index < -0.39 is 10.0 Å². The number of fused-ring (bicyclic) bond motifs is 1. The predicted octanol–water partition coefficient (Wildman–Crippen LogP) is 5.54. The minimum atomic E-state index is -3.70. The van der Waals surface area contributed by atoms with E-state index in [0.717, 1.165) is 30.6 Å². The minimum Gasteiger partial charge on any atom is -0.302 e. The number of aromatic nitrogens is 2. The molecular formula is C30H36N4O2S. The van der Waals surface area contributed by atoms with Gasteiger partial charge in [-0.15, -0.1) is 0 Å². The maximum absolute atomic E-state index is 13.6. The summed E-state index contributed by atoms with van der Waals surface area (Å²) in [6.45, 7) is 3.33. The molecule has 0 N–H and O–H groups in total. The topological polar surface area (TPSA) is 58.4 Å². The second-order valence-corrected chi connectivity index (χ2v) is 11.9. The maximum Gasteiger partial charge on any atom is 0.268 e. The molecule has 0 atom stereocenters. The standard InChI is InChI=1S/C30H36N4O2S/c1-32(27-10-4-2-5-11-27)20-21-33(22-25-16-18-31-19-17-25)23-26-24-34(30-15-9-8-14-29(26)30)37(35,36)28-12-6-3-7-13-28/h3,6-9,12-19,24,27H,2,4-5,10-11,20-23H2,1H3. The van der Waals surface area contributed by atoms with Crippen LogP contribution < -0.4 is 0 Å². The van der Waals surface area contributed by atoms with Gasteiger partial charge in [-0.3, -0.25) is 9.88 Å². The van der Waals surface area contributed by atoms with Crippen molar-refractivity contribution in [3.63, 3.8) is 0 Å². The molecule has 1 saturated carbocycles. The van der Waals surface area contributed by atoms with E-state index in [2.05, 4.69) is 34.0 Å². The van der Waals surface area contributed by atoms with Crippen molar-refractivity contribution in [3.8, 4) is 0 Å². The van der Waals surface area contributed by atoms with Gasteiger partial charge in [-0.25, -0.2) is 12.4 Å². The Morgan fingerprint density at radius 1 is 0.865 bits per heavy atom. The Hall–Kier alpha value is -3.00. The lowest BCUT2D eigenvalue weighted by molar-refractivity contribution is 0.154. The van der Waals surface area contributed by atoms with Crippen molar-refractivity contribution in [1.29, 1.82) is 0 Å². The lowest BCUT2D eigenvalue weighted by atomic mass is 9.94. The number of para-hydroxylation sites is 1. The number of benzene rings is 2. The van der Waals surface area contributed by atoms with Crippen LogP contribution in [-0.2, 0) is 23.1 Å². The molecule has 5 rings (SSSR count). The fraction of sp³-hybridized carbons (Fsp3) is 0.367. The summed E-state index contributed by atoms with van der Waals surface area (Å²) >= 11 is 0. The second kappa shape index (κ2) is 11.6. The molecule has 0 saturated heterocycles. The van der Waals surface area contributed by atoms with Gasteiger partial charge in [-0.1, -0.05) is 55.7 Å². The van der Waals surface area contributed by atoms with Crippen molar-refractivity contribution >= 4 is 20.9 Å². The predicted molar refractivity (Wildman–Crippen MR) is 149 cm³/mol. The zero-order valence-corrected chi connectivity index (χ0v) is 22.4. The summed E-state index contributed by atoms with van der Waals surface area (Å²) in [6.07, 6.45) is 12.1. The molecule has 1 aliphatic carbocycles. The number of nitrogens with zero attached hydrogens (tertiary/aromatic N) is 4. The number of rotatable bonds is 10. The number of pyridine rings is 1. The van der Waals surface area contributed by atoms with Crippen LogP contribution >= 0.6 is 0 Å². The van der Waals surface area contributed by atoms with E-state index in [0.29, 0.717) is 23.0 Å². The molecule has 2 heterocycles. The molecule has 1 fully saturated rings. The Bertz CT molecular complexity index is 1400. The Kier molecular flexibility index (Phi) is 8.03. The van der Waals surface area contributed by atoms with Gasteiger partial charge in [0.1, 0.15) is 0 Å². The molecule has 37 heavy (non-hydrogen) atoms. The van der Waals surface area contributed by atoms with Gasteiger partial charge in [0.25, 0.3) is 10.0 Å². The highest BCUT2D eigenvalue weighted by Crippen LogP contribution is 2.28. The highest BCUT2D eigenvalue weighted by molar-refractivity contribution is 7.90. The minimum absolute atomic E-state index is 0.296. The lowest BCUT2D eigenvalue weighted by Crippen LogP contribution is -2.39. The van der Waals surface area contributed by atoms with Crippen LogP contribution in [0.25, 0.3) is 10.9 Å². The van der Waals surface area contributed by atoms with Gasteiger partial charge >= 0.3 is 0 Å². The number of likely N-dealkylation sites (N-methyl/N-ethyl adjacent to an activating group) is 1. The summed E-state index contributed by atoms with van der Waals surface area (Å²) in [6, 6.07) is 21.2. The van der Waals surface area contributed by atoms with Crippen LogP contribution in [0.5, 0.6) is 0 Å². The molecule has 194 valence electrons. The summed E-state index contributed by atoms with van der Waals surface area (Å²) in [5.41, 5.74) is 2.94. The molecule has 2 aromatic carbocycles. The summed E-state index contributed by atoms with van der Waals surface area (Å²) in [5, 5.41) is 0.974. The van der Waals surface area contributed by atoms with E-state index >= 15 is 0 Å². The van der Waals surface area contributed by atoms with Crippen LogP contribution in [0, 0.1) is 0 Å². The molecule has 0 aliphatic heterocycles. The van der Waals surface area contributed by atoms with E-state index in [9.17, 15) is 8.42 Å². The Balaban J connectivity index is 1.43. The molecule has 0 spiro atoms. The summed E-state index contributed by atoms with van der Waals surface area (Å²) in [7, 11) is -1.45. The van der Waals surface area contributed by atoms with E-state index in [1.165, 1.54) is 41.6 Å². The first-order valence-corrected chi connectivity index (χ1v) is 14.7. The molecule has 2 aromatic heterocycles. The van der Waals surface area contributed by atoms with Crippen molar-refractivity contribution in [3.05, 3.63) is 96.4 Å². The average molecular weight is 517 g/mol. The van der Waals surface area contributed by atoms with Crippen molar-refractivity contribution in [2.24, 2.45) is 0 Å². The Morgan fingerprint density at radius 2 is 1.57 bits per heavy atom. The van der Waals surface area contributed by atoms with Gasteiger partial charge in [0.2, 0.25) is 0 Å². The molecule has 0 bridgehead atoms. The van der Waals surface area contributed by atoms with Crippen LogP contribution in [0.4, 0.5) is 0 Å². The highest BCUT2D eigenvalue weighted by Gasteiger charge is 2.23. The first-order chi connectivity index (χ1) is 18.0. The van der Waals surface area contributed by atoms with Crippen LogP contribution in [0.1, 0.15) is 43.2 Å². The average Bonchev–Trinajstić information content (AvgIpc) is 3.32. The lowest BCUT2D eigenvalue weighted by Gasteiger charge is -2.33. The molecule has 1 aliphatic rings. The normalized spacial score (nSPS) is 15.1. The zero-order chi connectivity index (χ0) is 25.7. The van der Waals surface area contributed by atoms with Gasteiger partial charge in [0, 0.05) is 56.2 Å². The fourth-order valence-electron chi connectivity index (χ4n) is 5.45. The van der Waals surface area contributed by atoms with Gasteiger partial charge < -0.3 is 4.90 Å². The fourth-order valence-corrected chi connectivity index (χ4v) is 6.87. The Labute approximate surface area is 220 Å². The van der Waals surface area contributed by atoms with E-state index in [1.54, 1.807) is 24.3 Å². The monoisotopic (exact) mass is 516 g/mol. The molecule has 7 heteroatoms. The SMILES string of the molecule is CN(CCN(Cc1ccncc1)Cc1cn(S(=O)(=O)c2ccccc2)c2ccccc12)C1CCCCC1. The van der Waals surface area contributed by atoms with Crippen LogP contribution in [0.3, 0.4) is 0 Å². The first kappa shape index (κ1) is 25.6. The van der Waals surface area contributed by atoms with Crippen molar-refractivity contribution in [1.82, 2.24) is 18.8 Å². The van der Waals surface area contributed by atoms with Crippen LogP contribution in [0.2, 0.25) is 0 Å². The van der Waals surface area contributed by atoms with Crippen molar-refractivity contribution < 1.29 is 8.42 Å². The largest absolute Gasteiger partial charge is 0.302 e. The maximum atomic E-state index is 13.6. The quantitative estimate of drug-likeness (QED) is 0.277. The molecule has 0 unspecified atom stereocenters. The van der Waals surface area contributed by atoms with Gasteiger partial charge in [0.15, 0.2) is 0 Å². The second-order valence-electron chi connectivity index (χ2n) is 10.1. The number of hydrogen-bond donors (Lipinski definition) is 0. The van der Waals surface area contributed by atoms with Crippen molar-refractivity contribution in [2.45, 2.75) is 56.1 Å². The zero-order valence-electron chi connectivity index (χ0n) is 21.5. The third kappa shape index (κ3) is 5.95. The van der Waals surface area contributed by atoms with Crippen molar-refractivity contribution in [2.75, 3.05) is 20.1 Å². The molecule has 4 aromatic rings. The summed E-state index contributed by atoms with van der Waals surface area (Å²) in [4.78, 5) is 9.41. The number of hydrogen-bond acceptors (Lipinski definition) is 5. The Morgan fingerprint density at radius 3 is 2.32 bits per heavy atom. The van der Waals surface area contributed by atoms with Gasteiger partial charge in [0.05, 0.1) is 10.4 Å². The van der Waals surface area contributed by atoms with Crippen LogP contribution in [0.15, 0.2) is 90.2 Å². The summed E-state index contributed by atoms with van der Waals surface area (Å²) < 4.78 is 28.6. The summed E-state index contributed by atoms with van der Waals surface area (Å²) in [5.74, 6) is 0. The van der Waals surface area contributed by atoms with Gasteiger partial charge in [-0.2, -0.15) is 0 Å². The third-order valence-electron chi connectivity index (χ3n) is 7.58.